The maximum Gasteiger partial charge on any atom is 0.116 e. The van der Waals surface area contributed by atoms with Crippen molar-refractivity contribution in [3.8, 4) is 5.75 Å². The Hall–Kier alpha value is -1.48. The summed E-state index contributed by atoms with van der Waals surface area (Å²) < 4.78 is 2.29. The zero-order chi connectivity index (χ0) is 14.1. The second kappa shape index (κ2) is 5.49. The highest BCUT2D eigenvalue weighted by atomic mass is 16.3. The van der Waals surface area contributed by atoms with E-state index < -0.39 is 0 Å². The molecule has 0 amide bonds. The van der Waals surface area contributed by atoms with Gasteiger partial charge in [-0.2, -0.15) is 0 Å². The van der Waals surface area contributed by atoms with Crippen LogP contribution in [-0.4, -0.2) is 15.7 Å². The molecule has 1 aliphatic rings. The first-order valence-electron chi connectivity index (χ1n) is 7.71. The second-order valence-corrected chi connectivity index (χ2v) is 6.22. The van der Waals surface area contributed by atoms with Gasteiger partial charge in [0, 0.05) is 35.7 Å². The first kappa shape index (κ1) is 13.5. The van der Waals surface area contributed by atoms with Gasteiger partial charge in [-0.1, -0.05) is 12.8 Å². The van der Waals surface area contributed by atoms with Crippen LogP contribution >= 0.6 is 0 Å². The number of hydrogen-bond acceptors (Lipinski definition) is 2. The molecule has 1 fully saturated rings. The van der Waals surface area contributed by atoms with Crippen LogP contribution in [0.4, 0.5) is 0 Å². The number of nitrogens with one attached hydrogen (secondary N) is 1. The Balaban J connectivity index is 1.90. The third-order valence-corrected chi connectivity index (χ3v) is 4.39. The van der Waals surface area contributed by atoms with Crippen molar-refractivity contribution in [1.82, 2.24) is 9.88 Å². The van der Waals surface area contributed by atoms with Crippen LogP contribution in [-0.2, 0) is 6.54 Å². The molecule has 1 aliphatic carbocycles. The number of nitrogens with zero attached hydrogens (tertiary/aromatic N) is 1. The van der Waals surface area contributed by atoms with Gasteiger partial charge in [-0.05, 0) is 50.5 Å². The summed E-state index contributed by atoms with van der Waals surface area (Å²) in [6.07, 6.45) is 7.54. The standard InChI is InChI=1S/C17H24N2O/c1-12(2)19-11-13(10-18-14-5-3-4-6-14)16-9-15(20)7-8-17(16)19/h7-9,11-12,14,18,20H,3-6,10H2,1-2H3. The van der Waals surface area contributed by atoms with Crippen molar-refractivity contribution in [2.75, 3.05) is 0 Å². The Morgan fingerprint density at radius 1 is 1.30 bits per heavy atom. The Morgan fingerprint density at radius 3 is 2.75 bits per heavy atom. The molecule has 3 heteroatoms. The molecule has 0 spiro atoms. The van der Waals surface area contributed by atoms with Crippen molar-refractivity contribution in [3.05, 3.63) is 30.0 Å². The fourth-order valence-electron chi connectivity index (χ4n) is 3.27. The summed E-state index contributed by atoms with van der Waals surface area (Å²) in [5, 5.41) is 14.6. The minimum atomic E-state index is 0.348. The molecule has 0 saturated heterocycles. The van der Waals surface area contributed by atoms with Crippen molar-refractivity contribution in [3.63, 3.8) is 0 Å². The number of rotatable bonds is 4. The Kier molecular flexibility index (Phi) is 3.70. The highest BCUT2D eigenvalue weighted by Crippen LogP contribution is 2.28. The van der Waals surface area contributed by atoms with E-state index in [0.717, 1.165) is 6.54 Å². The van der Waals surface area contributed by atoms with Gasteiger partial charge < -0.3 is 15.0 Å². The van der Waals surface area contributed by atoms with E-state index in [2.05, 4.69) is 29.9 Å². The molecule has 0 aliphatic heterocycles. The van der Waals surface area contributed by atoms with E-state index in [0.29, 0.717) is 17.8 Å². The second-order valence-electron chi connectivity index (χ2n) is 6.22. The van der Waals surface area contributed by atoms with Gasteiger partial charge in [0.1, 0.15) is 5.75 Å². The van der Waals surface area contributed by atoms with E-state index in [-0.39, 0.29) is 0 Å². The topological polar surface area (TPSA) is 37.2 Å². The number of benzene rings is 1. The first-order chi connectivity index (χ1) is 9.65. The number of aromatic hydroxyl groups is 1. The highest BCUT2D eigenvalue weighted by molar-refractivity contribution is 5.85. The highest BCUT2D eigenvalue weighted by Gasteiger charge is 2.16. The summed E-state index contributed by atoms with van der Waals surface area (Å²) in [6, 6.07) is 6.78. The van der Waals surface area contributed by atoms with Crippen LogP contribution in [0.1, 0.15) is 51.1 Å². The lowest BCUT2D eigenvalue weighted by atomic mass is 10.1. The van der Waals surface area contributed by atoms with E-state index in [4.69, 9.17) is 0 Å². The maximum absolute atomic E-state index is 9.75. The predicted molar refractivity (Wildman–Crippen MR) is 83.1 cm³/mol. The molecule has 20 heavy (non-hydrogen) atoms. The van der Waals surface area contributed by atoms with Crippen molar-refractivity contribution in [2.45, 2.75) is 58.2 Å². The largest absolute Gasteiger partial charge is 0.508 e. The Morgan fingerprint density at radius 2 is 2.05 bits per heavy atom. The molecule has 108 valence electrons. The summed E-state index contributed by atoms with van der Waals surface area (Å²) in [7, 11) is 0. The van der Waals surface area contributed by atoms with Crippen LogP contribution in [0.3, 0.4) is 0 Å². The lowest BCUT2D eigenvalue weighted by Gasteiger charge is -2.11. The summed E-state index contributed by atoms with van der Waals surface area (Å²) in [5.41, 5.74) is 2.50. The van der Waals surface area contributed by atoms with E-state index >= 15 is 0 Å². The molecule has 0 radical (unpaired) electrons. The summed E-state index contributed by atoms with van der Waals surface area (Å²) in [5.74, 6) is 0.348. The monoisotopic (exact) mass is 272 g/mol. The molecule has 0 bridgehead atoms. The molecule has 0 unspecified atom stereocenters. The molecule has 1 saturated carbocycles. The predicted octanol–water partition coefficient (Wildman–Crippen LogP) is 3.96. The van der Waals surface area contributed by atoms with Crippen LogP contribution < -0.4 is 5.32 Å². The number of phenols is 1. The van der Waals surface area contributed by atoms with Gasteiger partial charge in [0.2, 0.25) is 0 Å². The summed E-state index contributed by atoms with van der Waals surface area (Å²) >= 11 is 0. The zero-order valence-corrected chi connectivity index (χ0v) is 12.4. The molecule has 1 aromatic heterocycles. The third-order valence-electron chi connectivity index (χ3n) is 4.39. The van der Waals surface area contributed by atoms with Crippen molar-refractivity contribution in [2.24, 2.45) is 0 Å². The minimum absolute atomic E-state index is 0.348. The van der Waals surface area contributed by atoms with Crippen LogP contribution in [0, 0.1) is 0 Å². The molecule has 3 rings (SSSR count). The summed E-state index contributed by atoms with van der Waals surface area (Å²) in [4.78, 5) is 0. The SMILES string of the molecule is CC(C)n1cc(CNC2CCCC2)c2cc(O)ccc21. The summed E-state index contributed by atoms with van der Waals surface area (Å²) in [6.45, 7) is 5.28. The molecular weight excluding hydrogens is 248 g/mol. The first-order valence-corrected chi connectivity index (χ1v) is 7.71. The van der Waals surface area contributed by atoms with Gasteiger partial charge in [0.25, 0.3) is 0 Å². The average molecular weight is 272 g/mol. The molecular formula is C17H24N2O. The normalized spacial score (nSPS) is 16.6. The number of phenolic OH excluding ortho intramolecular Hbond substituents is 1. The van der Waals surface area contributed by atoms with E-state index in [9.17, 15) is 5.11 Å². The van der Waals surface area contributed by atoms with Crippen molar-refractivity contribution < 1.29 is 5.11 Å². The van der Waals surface area contributed by atoms with Crippen LogP contribution in [0.15, 0.2) is 24.4 Å². The number of hydrogen-bond donors (Lipinski definition) is 2. The minimum Gasteiger partial charge on any atom is -0.508 e. The van der Waals surface area contributed by atoms with Gasteiger partial charge in [0.15, 0.2) is 0 Å². The van der Waals surface area contributed by atoms with Crippen LogP contribution in [0.2, 0.25) is 0 Å². The number of fused-ring (bicyclic) bond motifs is 1. The Labute approximate surface area is 120 Å². The fourth-order valence-corrected chi connectivity index (χ4v) is 3.27. The molecule has 0 atom stereocenters. The fraction of sp³-hybridized carbons (Fsp3) is 0.529. The van der Waals surface area contributed by atoms with Gasteiger partial charge >= 0.3 is 0 Å². The smallest absolute Gasteiger partial charge is 0.116 e. The lowest BCUT2D eigenvalue weighted by Crippen LogP contribution is -2.25. The van der Waals surface area contributed by atoms with Gasteiger partial charge in [0.05, 0.1) is 0 Å². The molecule has 1 heterocycles. The lowest BCUT2D eigenvalue weighted by molar-refractivity contribution is 0.476. The molecule has 1 aromatic carbocycles. The number of aromatic nitrogens is 1. The van der Waals surface area contributed by atoms with Gasteiger partial charge in [-0.15, -0.1) is 0 Å². The average Bonchev–Trinajstić information content (AvgIpc) is 3.03. The Bertz CT molecular complexity index is 594. The van der Waals surface area contributed by atoms with Crippen LogP contribution in [0.25, 0.3) is 10.9 Å². The maximum atomic E-state index is 9.75. The zero-order valence-electron chi connectivity index (χ0n) is 12.4. The van der Waals surface area contributed by atoms with Crippen LogP contribution in [0.5, 0.6) is 5.75 Å². The van der Waals surface area contributed by atoms with E-state index in [1.807, 2.05) is 12.1 Å². The molecule has 2 aromatic rings. The van der Waals surface area contributed by atoms with E-state index in [1.54, 1.807) is 6.07 Å². The van der Waals surface area contributed by atoms with Gasteiger partial charge in [-0.3, -0.25) is 0 Å². The third kappa shape index (κ3) is 2.55. The quantitative estimate of drug-likeness (QED) is 0.884. The van der Waals surface area contributed by atoms with Crippen molar-refractivity contribution in [1.29, 1.82) is 0 Å². The van der Waals surface area contributed by atoms with E-state index in [1.165, 1.54) is 42.1 Å². The van der Waals surface area contributed by atoms with Crippen molar-refractivity contribution >= 4 is 10.9 Å². The van der Waals surface area contributed by atoms with Gasteiger partial charge in [-0.25, -0.2) is 0 Å². The molecule has 3 nitrogen and oxygen atoms in total. The molecule has 2 N–H and O–H groups in total.